The fourth-order valence-electron chi connectivity index (χ4n) is 1.19. The predicted octanol–water partition coefficient (Wildman–Crippen LogP) is 1.41. The number of hydrogen-bond acceptors (Lipinski definition) is 6. The molecule has 0 saturated carbocycles. The number of nitrogens with zero attached hydrogens (tertiary/aromatic N) is 4. The molecular formula is C10H8ClN5O2. The van der Waals surface area contributed by atoms with Gasteiger partial charge in [-0.25, -0.2) is 9.97 Å². The predicted molar refractivity (Wildman–Crippen MR) is 63.9 cm³/mol. The summed E-state index contributed by atoms with van der Waals surface area (Å²) in [5.41, 5.74) is 5.74. The molecule has 0 aromatic carbocycles. The third-order valence-corrected chi connectivity index (χ3v) is 2.16. The first kappa shape index (κ1) is 12.1. The minimum Gasteiger partial charge on any atom is -0.436 e. The number of rotatable bonds is 3. The molecule has 0 saturated heterocycles. The summed E-state index contributed by atoms with van der Waals surface area (Å²) in [4.78, 5) is 11.5. The lowest BCUT2D eigenvalue weighted by Gasteiger charge is -2.07. The van der Waals surface area contributed by atoms with Crippen LogP contribution in [-0.2, 0) is 0 Å². The number of nitrogens with two attached hydrogens (primary N) is 1. The second-order valence-electron chi connectivity index (χ2n) is 3.17. The Morgan fingerprint density at radius 3 is 2.89 bits per heavy atom. The van der Waals surface area contributed by atoms with E-state index < -0.39 is 0 Å². The monoisotopic (exact) mass is 265 g/mol. The first-order chi connectivity index (χ1) is 8.70. The highest BCUT2D eigenvalue weighted by molar-refractivity contribution is 6.30. The molecule has 0 bridgehead atoms. The summed E-state index contributed by atoms with van der Waals surface area (Å²) in [5.74, 6) is 0.373. The van der Waals surface area contributed by atoms with Crippen LogP contribution in [0.2, 0.25) is 5.02 Å². The lowest BCUT2D eigenvalue weighted by Crippen LogP contribution is -2.15. The molecule has 0 radical (unpaired) electrons. The van der Waals surface area contributed by atoms with Gasteiger partial charge in [0.15, 0.2) is 5.84 Å². The number of amidine groups is 1. The van der Waals surface area contributed by atoms with Crippen LogP contribution in [0.15, 0.2) is 36.1 Å². The molecule has 2 heterocycles. The number of hydrogen-bond donors (Lipinski definition) is 2. The Kier molecular flexibility index (Phi) is 3.54. The van der Waals surface area contributed by atoms with Crippen LogP contribution in [0.1, 0.15) is 5.56 Å². The summed E-state index contributed by atoms with van der Waals surface area (Å²) in [5, 5.41) is 11.9. The van der Waals surface area contributed by atoms with Gasteiger partial charge in [0.05, 0.1) is 11.2 Å². The molecule has 0 amide bonds. The zero-order valence-corrected chi connectivity index (χ0v) is 9.74. The fraction of sp³-hybridized carbons (Fsp3) is 0. The van der Waals surface area contributed by atoms with Gasteiger partial charge in [0, 0.05) is 18.5 Å². The van der Waals surface area contributed by atoms with Crippen molar-refractivity contribution in [3.63, 3.8) is 0 Å². The van der Waals surface area contributed by atoms with Gasteiger partial charge in [-0.15, -0.1) is 0 Å². The fourth-order valence-corrected chi connectivity index (χ4v) is 1.35. The second kappa shape index (κ2) is 5.28. The van der Waals surface area contributed by atoms with Gasteiger partial charge in [0.1, 0.15) is 17.6 Å². The zero-order chi connectivity index (χ0) is 13.0. The van der Waals surface area contributed by atoms with Crippen molar-refractivity contribution in [2.45, 2.75) is 0 Å². The molecule has 8 heteroatoms. The van der Waals surface area contributed by atoms with Crippen molar-refractivity contribution in [2.75, 3.05) is 0 Å². The van der Waals surface area contributed by atoms with Crippen molar-refractivity contribution < 1.29 is 9.94 Å². The van der Waals surface area contributed by atoms with E-state index in [1.165, 1.54) is 24.9 Å². The summed E-state index contributed by atoms with van der Waals surface area (Å²) in [6.07, 6.45) is 5.58. The average Bonchev–Trinajstić information content (AvgIpc) is 2.38. The second-order valence-corrected chi connectivity index (χ2v) is 3.60. The maximum atomic E-state index is 8.64. The first-order valence-electron chi connectivity index (χ1n) is 4.77. The van der Waals surface area contributed by atoms with Crippen LogP contribution in [0.25, 0.3) is 0 Å². The van der Waals surface area contributed by atoms with E-state index in [1.54, 1.807) is 6.07 Å². The molecule has 0 aliphatic rings. The molecule has 0 aliphatic heterocycles. The van der Waals surface area contributed by atoms with Gasteiger partial charge in [-0.1, -0.05) is 16.8 Å². The largest absolute Gasteiger partial charge is 0.436 e. The van der Waals surface area contributed by atoms with Crippen LogP contribution in [0, 0.1) is 0 Å². The van der Waals surface area contributed by atoms with Gasteiger partial charge < -0.3 is 15.7 Å². The number of aromatic nitrogens is 3. The minimum absolute atomic E-state index is 0.143. The van der Waals surface area contributed by atoms with E-state index in [9.17, 15) is 0 Å². The zero-order valence-electron chi connectivity index (χ0n) is 8.99. The molecule has 2 rings (SSSR count). The Morgan fingerprint density at radius 1 is 1.33 bits per heavy atom. The third kappa shape index (κ3) is 2.64. The van der Waals surface area contributed by atoms with E-state index in [-0.39, 0.29) is 17.3 Å². The topological polar surface area (TPSA) is 107 Å². The lowest BCUT2D eigenvalue weighted by atomic mass is 10.3. The highest BCUT2D eigenvalue weighted by Crippen LogP contribution is 2.23. The highest BCUT2D eigenvalue weighted by Gasteiger charge is 2.11. The molecular weight excluding hydrogens is 258 g/mol. The molecule has 2 aromatic rings. The van der Waals surface area contributed by atoms with Crippen LogP contribution in [0.3, 0.4) is 0 Å². The summed E-state index contributed by atoms with van der Waals surface area (Å²) in [7, 11) is 0. The summed E-state index contributed by atoms with van der Waals surface area (Å²) in [6.45, 7) is 0. The first-order valence-corrected chi connectivity index (χ1v) is 5.15. The van der Waals surface area contributed by atoms with E-state index in [1.807, 2.05) is 0 Å². The molecule has 0 fully saturated rings. The van der Waals surface area contributed by atoms with E-state index in [0.717, 1.165) is 0 Å². The Morgan fingerprint density at radius 2 is 2.17 bits per heavy atom. The smallest absolute Gasteiger partial charge is 0.233 e. The van der Waals surface area contributed by atoms with Crippen molar-refractivity contribution in [3.05, 3.63) is 41.6 Å². The van der Waals surface area contributed by atoms with E-state index in [2.05, 4.69) is 20.1 Å². The van der Waals surface area contributed by atoms with Crippen LogP contribution in [-0.4, -0.2) is 26.0 Å². The Balaban J connectivity index is 2.35. The van der Waals surface area contributed by atoms with Crippen LogP contribution in [0.4, 0.5) is 0 Å². The SMILES string of the molecule is N/C(=N/O)c1cncnc1Oc1cncc(Cl)c1. The Hall–Kier alpha value is -2.41. The Bertz CT molecular complexity index is 590. The molecule has 18 heavy (non-hydrogen) atoms. The molecule has 3 N–H and O–H groups in total. The third-order valence-electron chi connectivity index (χ3n) is 1.95. The normalized spacial score (nSPS) is 11.3. The highest BCUT2D eigenvalue weighted by atomic mass is 35.5. The van der Waals surface area contributed by atoms with Gasteiger partial charge in [-0.2, -0.15) is 0 Å². The molecule has 0 spiro atoms. The van der Waals surface area contributed by atoms with Crippen molar-refractivity contribution in [1.29, 1.82) is 0 Å². The molecule has 0 atom stereocenters. The minimum atomic E-state index is -0.152. The van der Waals surface area contributed by atoms with Gasteiger partial charge >= 0.3 is 0 Å². The lowest BCUT2D eigenvalue weighted by molar-refractivity contribution is 0.318. The van der Waals surface area contributed by atoms with Crippen molar-refractivity contribution in [3.8, 4) is 11.6 Å². The quantitative estimate of drug-likeness (QED) is 0.376. The van der Waals surface area contributed by atoms with Crippen molar-refractivity contribution >= 4 is 17.4 Å². The summed E-state index contributed by atoms with van der Waals surface area (Å²) in [6, 6.07) is 1.56. The van der Waals surface area contributed by atoms with Gasteiger partial charge in [-0.05, 0) is 0 Å². The number of oxime groups is 1. The van der Waals surface area contributed by atoms with Gasteiger partial charge in [-0.3, -0.25) is 4.98 Å². The molecule has 0 aliphatic carbocycles. The molecule has 2 aromatic heterocycles. The van der Waals surface area contributed by atoms with Gasteiger partial charge in [0.25, 0.3) is 0 Å². The van der Waals surface area contributed by atoms with Crippen molar-refractivity contribution in [1.82, 2.24) is 15.0 Å². The number of pyridine rings is 1. The number of halogens is 1. The Labute approximate surface area is 107 Å². The van der Waals surface area contributed by atoms with Crippen LogP contribution >= 0.6 is 11.6 Å². The van der Waals surface area contributed by atoms with Gasteiger partial charge in [0.2, 0.25) is 5.88 Å². The maximum Gasteiger partial charge on any atom is 0.233 e. The number of ether oxygens (including phenoxy) is 1. The summed E-state index contributed by atoms with van der Waals surface area (Å²) < 4.78 is 5.44. The molecule has 7 nitrogen and oxygen atoms in total. The molecule has 0 unspecified atom stereocenters. The van der Waals surface area contributed by atoms with Crippen LogP contribution < -0.4 is 10.5 Å². The molecule has 92 valence electrons. The van der Waals surface area contributed by atoms with E-state index in [4.69, 9.17) is 27.3 Å². The maximum absolute atomic E-state index is 8.64. The van der Waals surface area contributed by atoms with Crippen molar-refractivity contribution in [2.24, 2.45) is 10.9 Å². The van der Waals surface area contributed by atoms with E-state index >= 15 is 0 Å². The van der Waals surface area contributed by atoms with Crippen LogP contribution in [0.5, 0.6) is 11.6 Å². The van der Waals surface area contributed by atoms with E-state index in [0.29, 0.717) is 10.8 Å². The average molecular weight is 266 g/mol. The standard InChI is InChI=1S/C10H8ClN5O2/c11-6-1-7(3-13-2-6)18-10-8(9(12)16-17)4-14-5-15-10/h1-5,17H,(H2,12,16). The summed E-state index contributed by atoms with van der Waals surface area (Å²) >= 11 is 5.78.